The van der Waals surface area contributed by atoms with Gasteiger partial charge in [-0.15, -0.1) is 0 Å². The molecule has 3 rings (SSSR count). The van der Waals surface area contributed by atoms with Crippen LogP contribution in [-0.4, -0.2) is 36.8 Å². The summed E-state index contributed by atoms with van der Waals surface area (Å²) in [4.78, 5) is 11.7. The van der Waals surface area contributed by atoms with Gasteiger partial charge in [0.15, 0.2) is 0 Å². The highest BCUT2D eigenvalue weighted by Crippen LogP contribution is 2.25. The molecule has 0 saturated carbocycles. The van der Waals surface area contributed by atoms with Gasteiger partial charge in [0.05, 0.1) is 22.0 Å². The van der Waals surface area contributed by atoms with E-state index >= 15 is 0 Å². The Morgan fingerprint density at radius 2 is 1.77 bits per heavy atom. The fraction of sp³-hybridized carbons (Fsp3) is 0.273. The third kappa shape index (κ3) is 6.16. The Kier molecular flexibility index (Phi) is 7.09. The van der Waals surface area contributed by atoms with Crippen molar-refractivity contribution in [3.05, 3.63) is 66.4 Å². The van der Waals surface area contributed by atoms with Crippen molar-refractivity contribution in [2.24, 2.45) is 5.14 Å². The van der Waals surface area contributed by atoms with Crippen molar-refractivity contribution < 1.29 is 13.2 Å². The summed E-state index contributed by atoms with van der Waals surface area (Å²) in [5.74, 6) is 0. The molecule has 1 aromatic heterocycles. The highest BCUT2D eigenvalue weighted by Gasteiger charge is 2.13. The lowest BCUT2D eigenvalue weighted by Crippen LogP contribution is -2.39. The van der Waals surface area contributed by atoms with Crippen molar-refractivity contribution in [3.8, 4) is 16.9 Å². The lowest BCUT2D eigenvalue weighted by Gasteiger charge is -2.09. The summed E-state index contributed by atoms with van der Waals surface area (Å²) in [5, 5.41) is 15.6. The van der Waals surface area contributed by atoms with Crippen LogP contribution in [0.25, 0.3) is 16.9 Å². The highest BCUT2D eigenvalue weighted by molar-refractivity contribution is 7.89. The van der Waals surface area contributed by atoms with E-state index in [1.807, 2.05) is 50.2 Å². The monoisotopic (exact) mass is 441 g/mol. The molecule has 0 unspecified atom stereocenters. The summed E-state index contributed by atoms with van der Waals surface area (Å²) < 4.78 is 24.9. The maximum Gasteiger partial charge on any atom is 0.314 e. The Morgan fingerprint density at radius 3 is 2.39 bits per heavy atom. The average molecular weight is 442 g/mol. The molecule has 0 saturated heterocycles. The molecule has 0 spiro atoms. The van der Waals surface area contributed by atoms with E-state index in [0.29, 0.717) is 13.0 Å². The van der Waals surface area contributed by atoms with Gasteiger partial charge in [-0.1, -0.05) is 30.3 Å². The first kappa shape index (κ1) is 22.5. The molecular formula is C22H27N5O3S. The van der Waals surface area contributed by atoms with E-state index in [1.165, 1.54) is 12.1 Å². The van der Waals surface area contributed by atoms with Crippen LogP contribution >= 0.6 is 0 Å². The second-order valence-corrected chi connectivity index (χ2v) is 9.06. The molecule has 2 aromatic carbocycles. The van der Waals surface area contributed by atoms with Crippen molar-refractivity contribution >= 4 is 16.1 Å². The van der Waals surface area contributed by atoms with Gasteiger partial charge in [0.1, 0.15) is 0 Å². The van der Waals surface area contributed by atoms with Gasteiger partial charge in [-0.2, -0.15) is 5.10 Å². The number of carbonyl (C=O) groups is 1. The number of urea groups is 1. The van der Waals surface area contributed by atoms with Crippen LogP contribution in [0, 0.1) is 0 Å². The smallest absolute Gasteiger partial charge is 0.314 e. The Labute approximate surface area is 182 Å². The topological polar surface area (TPSA) is 119 Å². The highest BCUT2D eigenvalue weighted by atomic mass is 32.2. The van der Waals surface area contributed by atoms with E-state index < -0.39 is 10.0 Å². The van der Waals surface area contributed by atoms with Crippen molar-refractivity contribution in [2.45, 2.75) is 37.6 Å². The van der Waals surface area contributed by atoms with Gasteiger partial charge in [-0.25, -0.2) is 23.0 Å². The number of aromatic nitrogens is 2. The minimum Gasteiger partial charge on any atom is -0.338 e. The number of nitrogens with two attached hydrogens (primary N) is 1. The fourth-order valence-corrected chi connectivity index (χ4v) is 3.64. The second kappa shape index (κ2) is 9.76. The zero-order chi connectivity index (χ0) is 22.4. The molecule has 0 aliphatic heterocycles. The Balaban J connectivity index is 1.80. The van der Waals surface area contributed by atoms with E-state index in [4.69, 9.17) is 10.2 Å². The van der Waals surface area contributed by atoms with Crippen LogP contribution in [0.3, 0.4) is 0 Å². The van der Waals surface area contributed by atoms with E-state index in [1.54, 1.807) is 16.8 Å². The number of benzene rings is 2. The Bertz CT molecular complexity index is 1120. The molecule has 1 heterocycles. The SMILES string of the molecule is CC(C)NC(=O)NCCCc1cc(-c2ccccc2)n(-c2ccc(S(N)(=O)=O)cc2)n1. The first-order chi connectivity index (χ1) is 14.7. The van der Waals surface area contributed by atoms with Gasteiger partial charge in [0, 0.05) is 18.2 Å². The molecule has 9 heteroatoms. The first-order valence-electron chi connectivity index (χ1n) is 10.1. The van der Waals surface area contributed by atoms with Crippen molar-refractivity contribution in [1.29, 1.82) is 0 Å². The molecule has 2 amide bonds. The van der Waals surface area contributed by atoms with Gasteiger partial charge in [-0.3, -0.25) is 0 Å². The summed E-state index contributed by atoms with van der Waals surface area (Å²) in [6, 6.07) is 18.1. The summed E-state index contributed by atoms with van der Waals surface area (Å²) in [7, 11) is -3.76. The van der Waals surface area contributed by atoms with Crippen LogP contribution in [0.5, 0.6) is 0 Å². The van der Waals surface area contributed by atoms with Crippen LogP contribution in [0.1, 0.15) is 26.0 Å². The van der Waals surface area contributed by atoms with Crippen LogP contribution in [-0.2, 0) is 16.4 Å². The minimum atomic E-state index is -3.76. The van der Waals surface area contributed by atoms with Crippen molar-refractivity contribution in [1.82, 2.24) is 20.4 Å². The molecule has 0 fully saturated rings. The van der Waals surface area contributed by atoms with Crippen molar-refractivity contribution in [3.63, 3.8) is 0 Å². The number of amides is 2. The predicted molar refractivity (Wildman–Crippen MR) is 120 cm³/mol. The van der Waals surface area contributed by atoms with Crippen LogP contribution < -0.4 is 15.8 Å². The molecule has 0 radical (unpaired) electrons. The van der Waals surface area contributed by atoms with E-state index in [-0.39, 0.29) is 17.0 Å². The lowest BCUT2D eigenvalue weighted by molar-refractivity contribution is 0.238. The van der Waals surface area contributed by atoms with Gasteiger partial charge >= 0.3 is 6.03 Å². The van der Waals surface area contributed by atoms with Gasteiger partial charge in [-0.05, 0) is 57.0 Å². The molecule has 0 atom stereocenters. The minimum absolute atomic E-state index is 0.0515. The first-order valence-corrected chi connectivity index (χ1v) is 11.6. The zero-order valence-corrected chi connectivity index (χ0v) is 18.4. The number of rotatable bonds is 8. The third-order valence-corrected chi connectivity index (χ3v) is 5.48. The molecule has 3 aromatic rings. The largest absolute Gasteiger partial charge is 0.338 e. The number of sulfonamides is 1. The lowest BCUT2D eigenvalue weighted by atomic mass is 10.1. The average Bonchev–Trinajstić information content (AvgIpc) is 3.15. The fourth-order valence-electron chi connectivity index (χ4n) is 3.13. The molecule has 4 N–H and O–H groups in total. The van der Waals surface area contributed by atoms with E-state index in [9.17, 15) is 13.2 Å². The molecule has 31 heavy (non-hydrogen) atoms. The van der Waals surface area contributed by atoms with Crippen LogP contribution in [0.2, 0.25) is 0 Å². The third-order valence-electron chi connectivity index (χ3n) is 4.55. The van der Waals surface area contributed by atoms with Crippen LogP contribution in [0.15, 0.2) is 65.6 Å². The summed E-state index contributed by atoms with van der Waals surface area (Å²) in [6.45, 7) is 4.36. The van der Waals surface area contributed by atoms with Crippen molar-refractivity contribution in [2.75, 3.05) is 6.54 Å². The number of primary sulfonamides is 1. The van der Waals surface area contributed by atoms with Crippen LogP contribution in [0.4, 0.5) is 4.79 Å². The normalized spacial score (nSPS) is 11.5. The number of hydrogen-bond acceptors (Lipinski definition) is 4. The van der Waals surface area contributed by atoms with Gasteiger partial charge in [0.25, 0.3) is 0 Å². The Hall–Kier alpha value is -3.17. The summed E-state index contributed by atoms with van der Waals surface area (Å²) >= 11 is 0. The molecule has 0 aliphatic rings. The molecule has 8 nitrogen and oxygen atoms in total. The van der Waals surface area contributed by atoms with E-state index in [2.05, 4.69) is 10.6 Å². The second-order valence-electron chi connectivity index (χ2n) is 7.50. The summed E-state index contributed by atoms with van der Waals surface area (Å²) in [6.07, 6.45) is 1.42. The molecule has 0 bridgehead atoms. The number of nitrogens with zero attached hydrogens (tertiary/aromatic N) is 2. The van der Waals surface area contributed by atoms with Gasteiger partial charge in [0.2, 0.25) is 10.0 Å². The maximum atomic E-state index is 11.7. The number of nitrogens with one attached hydrogen (secondary N) is 2. The maximum absolute atomic E-state index is 11.7. The number of aryl methyl sites for hydroxylation is 1. The summed E-state index contributed by atoms with van der Waals surface area (Å²) in [5.41, 5.74) is 3.49. The Morgan fingerprint density at radius 1 is 1.10 bits per heavy atom. The zero-order valence-electron chi connectivity index (χ0n) is 17.6. The standard InChI is InChI=1S/C22H27N5O3S/c1-16(2)25-22(28)24-14-6-9-18-15-21(17-7-4-3-5-8-17)27(26-18)19-10-12-20(13-11-19)31(23,29)30/h3-5,7-8,10-13,15-16H,6,9,14H2,1-2H3,(H2,23,29,30)(H2,24,25,28). The molecule has 0 aliphatic carbocycles. The number of hydrogen-bond donors (Lipinski definition) is 3. The number of carbonyl (C=O) groups excluding carboxylic acids is 1. The van der Waals surface area contributed by atoms with Gasteiger partial charge < -0.3 is 10.6 Å². The quantitative estimate of drug-likeness (QED) is 0.466. The van der Waals surface area contributed by atoms with E-state index in [0.717, 1.165) is 29.1 Å². The molecular weight excluding hydrogens is 414 g/mol. The predicted octanol–water partition coefficient (Wildman–Crippen LogP) is 2.83. The molecule has 164 valence electrons.